The van der Waals surface area contributed by atoms with Crippen LogP contribution in [0.3, 0.4) is 0 Å². The van der Waals surface area contributed by atoms with E-state index in [1.54, 1.807) is 0 Å². The molecule has 0 atom stereocenters. The Balaban J connectivity index is 0.00000267. The van der Waals surface area contributed by atoms with Gasteiger partial charge in [0.1, 0.15) is 10.6 Å². The second-order valence-corrected chi connectivity index (χ2v) is 11.5. The van der Waals surface area contributed by atoms with Crippen LogP contribution < -0.4 is 10.6 Å². The quantitative estimate of drug-likeness (QED) is 0.164. The van der Waals surface area contributed by atoms with Gasteiger partial charge in [0.2, 0.25) is 0 Å². The molecule has 3 aromatic carbocycles. The number of nitrogens with one attached hydrogen (secondary N) is 2. The number of aromatic hydroxyl groups is 1. The third-order valence-corrected chi connectivity index (χ3v) is 7.61. The molecule has 0 amide bonds. The van der Waals surface area contributed by atoms with Crippen molar-refractivity contribution in [3.05, 3.63) is 70.3 Å². The van der Waals surface area contributed by atoms with Crippen molar-refractivity contribution in [2.24, 2.45) is 0 Å². The summed E-state index contributed by atoms with van der Waals surface area (Å²) in [7, 11) is -9.85. The van der Waals surface area contributed by atoms with Crippen molar-refractivity contribution in [3.63, 3.8) is 0 Å². The predicted molar refractivity (Wildman–Crippen MR) is 146 cm³/mol. The zero-order chi connectivity index (χ0) is 27.4. The van der Waals surface area contributed by atoms with Gasteiger partial charge in [-0.15, -0.1) is 0 Å². The molecular formula is C24H22N2Na2O9S2. The number of carbonyl (C=O) groups is 2. The van der Waals surface area contributed by atoms with Gasteiger partial charge in [0, 0.05) is 76.4 Å². The number of phenolic OH excluding ortho intramolecular Hbond substituents is 1. The Morgan fingerprint density at radius 3 is 1.87 bits per heavy atom. The number of hydrogen-bond acceptors (Lipinski definition) is 9. The Morgan fingerprint density at radius 1 is 0.744 bits per heavy atom. The Labute approximate surface area is 269 Å². The summed E-state index contributed by atoms with van der Waals surface area (Å²) >= 11 is 0. The molecule has 0 saturated carbocycles. The molecular weight excluding hydrogens is 570 g/mol. The van der Waals surface area contributed by atoms with Crippen molar-refractivity contribution in [2.45, 2.75) is 36.6 Å². The number of phenols is 1. The van der Waals surface area contributed by atoms with E-state index in [1.165, 1.54) is 37.3 Å². The van der Waals surface area contributed by atoms with E-state index in [0.29, 0.717) is 11.8 Å². The van der Waals surface area contributed by atoms with Crippen molar-refractivity contribution >= 4 is 108 Å². The summed E-state index contributed by atoms with van der Waals surface area (Å²) in [6, 6.07) is 8.51. The van der Waals surface area contributed by atoms with Crippen LogP contribution in [-0.4, -0.2) is 108 Å². The Bertz CT molecular complexity index is 1720. The number of aryl methyl sites for hydroxylation is 1. The van der Waals surface area contributed by atoms with Gasteiger partial charge in [-0.1, -0.05) is 12.1 Å². The van der Waals surface area contributed by atoms with Crippen LogP contribution in [-0.2, 0) is 20.2 Å². The Kier molecular flexibility index (Phi) is 10.3. The molecule has 0 unspecified atom stereocenters. The van der Waals surface area contributed by atoms with Gasteiger partial charge < -0.3 is 15.7 Å². The third-order valence-electron chi connectivity index (χ3n) is 5.72. The predicted octanol–water partition coefficient (Wildman–Crippen LogP) is 2.77. The molecule has 39 heavy (non-hydrogen) atoms. The number of rotatable bonds is 6. The maximum absolute atomic E-state index is 13.6. The minimum absolute atomic E-state index is 0. The minimum Gasteiger partial charge on any atom is -0.507 e. The van der Waals surface area contributed by atoms with Gasteiger partial charge in [-0.25, -0.2) is 0 Å². The second kappa shape index (κ2) is 12.0. The first-order valence-electron chi connectivity index (χ1n) is 10.8. The molecule has 5 N–H and O–H groups in total. The van der Waals surface area contributed by atoms with E-state index in [2.05, 4.69) is 10.6 Å². The van der Waals surface area contributed by atoms with Crippen LogP contribution in [0.4, 0.5) is 17.1 Å². The van der Waals surface area contributed by atoms with Crippen LogP contribution in [0.2, 0.25) is 0 Å². The van der Waals surface area contributed by atoms with Crippen LogP contribution in [0.1, 0.15) is 51.3 Å². The first-order valence-corrected chi connectivity index (χ1v) is 13.7. The van der Waals surface area contributed by atoms with Gasteiger partial charge in [0.05, 0.1) is 33.0 Å². The van der Waals surface area contributed by atoms with E-state index in [1.807, 2.05) is 13.8 Å². The molecule has 2 radical (unpaired) electrons. The average Bonchev–Trinajstić information content (AvgIpc) is 2.76. The molecule has 0 saturated heterocycles. The van der Waals surface area contributed by atoms with E-state index >= 15 is 0 Å². The molecule has 3 aromatic rings. The van der Waals surface area contributed by atoms with Crippen LogP contribution >= 0.6 is 0 Å². The van der Waals surface area contributed by atoms with Crippen molar-refractivity contribution in [3.8, 4) is 5.75 Å². The molecule has 15 heteroatoms. The van der Waals surface area contributed by atoms with Gasteiger partial charge in [-0.05, 0) is 56.7 Å². The minimum atomic E-state index is -5.02. The van der Waals surface area contributed by atoms with Gasteiger partial charge in [0.25, 0.3) is 20.2 Å². The Morgan fingerprint density at radius 2 is 1.31 bits per heavy atom. The molecule has 0 aliphatic heterocycles. The van der Waals surface area contributed by atoms with Gasteiger partial charge in [0.15, 0.2) is 11.6 Å². The smallest absolute Gasteiger partial charge is 0.296 e. The fourth-order valence-corrected chi connectivity index (χ4v) is 5.70. The molecule has 0 fully saturated rings. The summed E-state index contributed by atoms with van der Waals surface area (Å²) in [4.78, 5) is 25.5. The summed E-state index contributed by atoms with van der Waals surface area (Å²) in [5.74, 6) is -1.68. The monoisotopic (exact) mass is 592 g/mol. The molecule has 11 nitrogen and oxygen atoms in total. The van der Waals surface area contributed by atoms with Crippen molar-refractivity contribution in [1.29, 1.82) is 0 Å². The summed E-state index contributed by atoms with van der Waals surface area (Å²) in [5, 5.41) is 16.2. The zero-order valence-corrected chi connectivity index (χ0v) is 27.4. The summed E-state index contributed by atoms with van der Waals surface area (Å²) in [5.41, 5.74) is -0.497. The first-order chi connectivity index (χ1) is 17.1. The molecule has 4 rings (SSSR count). The van der Waals surface area contributed by atoms with Crippen LogP contribution in [0, 0.1) is 6.92 Å². The van der Waals surface area contributed by atoms with Crippen LogP contribution in [0.5, 0.6) is 5.75 Å². The summed E-state index contributed by atoms with van der Waals surface area (Å²) < 4.78 is 66.8. The number of ketones is 2. The summed E-state index contributed by atoms with van der Waals surface area (Å²) in [6.07, 6.45) is 0. The first kappa shape index (κ1) is 33.4. The number of hydrogen-bond donors (Lipinski definition) is 5. The molecule has 1 aliphatic carbocycles. The number of anilines is 3. The maximum Gasteiger partial charge on any atom is 0.296 e. The van der Waals surface area contributed by atoms with E-state index in [4.69, 9.17) is 0 Å². The van der Waals surface area contributed by atoms with E-state index in [9.17, 15) is 40.6 Å². The standard InChI is InChI=1S/C24H22N2O9S2.2Na/c1-11(2)25-14-7-8-15(22-21(14)23(28)13-5-4-6-17(27)20(13)24(22)29)26-16-9-12(3)18(36(30,31)32)10-19(16)37(33,34)35;;/h4-11,25-27H,1-3H3,(H,30,31,32)(H,33,34,35);;. The molecule has 1 aliphatic rings. The van der Waals surface area contributed by atoms with Crippen molar-refractivity contribution in [2.75, 3.05) is 10.6 Å². The largest absolute Gasteiger partial charge is 0.507 e. The topological polar surface area (TPSA) is 187 Å². The molecule has 196 valence electrons. The number of carbonyl (C=O) groups excluding carboxylic acids is 2. The SMILES string of the molecule is Cc1cc(Nc2ccc(NC(C)C)c3c2C(=O)c2c(O)cccc2C3=O)c(S(=O)(=O)O)cc1S(=O)(=O)O.[Na].[Na]. The molecule has 0 spiro atoms. The Hall–Kier alpha value is -1.78. The van der Waals surface area contributed by atoms with E-state index in [-0.39, 0.29) is 104 Å². The van der Waals surface area contributed by atoms with Gasteiger partial charge in [-0.3, -0.25) is 18.7 Å². The van der Waals surface area contributed by atoms with Crippen LogP contribution in [0.15, 0.2) is 52.3 Å². The van der Waals surface area contributed by atoms with Crippen LogP contribution in [0.25, 0.3) is 0 Å². The maximum atomic E-state index is 13.6. The van der Waals surface area contributed by atoms with E-state index < -0.39 is 47.3 Å². The van der Waals surface area contributed by atoms with Gasteiger partial charge in [-0.2, -0.15) is 16.8 Å². The normalized spacial score (nSPS) is 12.7. The van der Waals surface area contributed by atoms with Crippen molar-refractivity contribution in [1.82, 2.24) is 0 Å². The van der Waals surface area contributed by atoms with E-state index in [0.717, 1.165) is 6.07 Å². The fourth-order valence-electron chi connectivity index (χ4n) is 4.24. The third kappa shape index (κ3) is 6.43. The fraction of sp³-hybridized carbons (Fsp3) is 0.167. The van der Waals surface area contributed by atoms with Gasteiger partial charge >= 0.3 is 0 Å². The summed E-state index contributed by atoms with van der Waals surface area (Å²) in [6.45, 7) is 4.94. The zero-order valence-electron chi connectivity index (χ0n) is 21.7. The second-order valence-electron chi connectivity index (χ2n) is 8.76. The molecule has 0 heterocycles. The number of benzene rings is 3. The number of fused-ring (bicyclic) bond motifs is 2. The van der Waals surface area contributed by atoms with Crippen molar-refractivity contribution < 1.29 is 40.6 Å². The molecule has 0 bridgehead atoms. The molecule has 0 aromatic heterocycles. The average molecular weight is 593 g/mol.